The zero-order valence-corrected chi connectivity index (χ0v) is 12.0. The summed E-state index contributed by atoms with van der Waals surface area (Å²) in [4.78, 5) is 12.7. The Labute approximate surface area is 127 Å². The summed E-state index contributed by atoms with van der Waals surface area (Å²) in [5, 5.41) is 0. The average molecular weight is 341 g/mol. The van der Waals surface area contributed by atoms with Gasteiger partial charge in [-0.1, -0.05) is 0 Å². The molecule has 23 heavy (non-hydrogen) atoms. The van der Waals surface area contributed by atoms with Crippen molar-refractivity contribution in [3.05, 3.63) is 34.9 Å². The lowest BCUT2D eigenvalue weighted by atomic mass is 10.00. The van der Waals surface area contributed by atoms with E-state index in [9.17, 15) is 31.1 Å². The maximum atomic E-state index is 12.8. The van der Waals surface area contributed by atoms with E-state index in [0.717, 1.165) is 0 Å². The molecule has 0 saturated carbocycles. The summed E-state index contributed by atoms with van der Waals surface area (Å²) in [5.74, 6) is -0.318. The number of rotatable bonds is 1. The number of carbonyl (C=O) groups is 1. The van der Waals surface area contributed by atoms with E-state index in [2.05, 4.69) is 0 Å². The number of carbonyl (C=O) groups excluding carboxylic acids is 1. The smallest absolute Gasteiger partial charge is 0.370 e. The van der Waals surface area contributed by atoms with Crippen molar-refractivity contribution in [2.75, 3.05) is 19.7 Å². The molecule has 0 bridgehead atoms. The molecule has 1 amide bonds. The van der Waals surface area contributed by atoms with Gasteiger partial charge in [0, 0.05) is 13.5 Å². The SMILES string of the molecule is CC(=O)N1CCO[C@H](c2cc(C(F)(F)F)cc(C(F)(F)F)c2)C1. The summed E-state index contributed by atoms with van der Waals surface area (Å²) in [6.07, 6.45) is -10.9. The summed E-state index contributed by atoms with van der Waals surface area (Å²) in [6.45, 7) is 1.47. The van der Waals surface area contributed by atoms with Crippen LogP contribution in [0, 0.1) is 0 Å². The molecule has 1 aliphatic heterocycles. The van der Waals surface area contributed by atoms with Crippen LogP contribution in [0.1, 0.15) is 29.7 Å². The zero-order chi connectivity index (χ0) is 17.4. The first-order valence-corrected chi connectivity index (χ1v) is 6.65. The number of alkyl halides is 6. The first-order chi connectivity index (χ1) is 10.5. The monoisotopic (exact) mass is 341 g/mol. The third kappa shape index (κ3) is 4.15. The number of halogens is 6. The first kappa shape index (κ1) is 17.6. The van der Waals surface area contributed by atoms with Crippen molar-refractivity contribution in [1.29, 1.82) is 0 Å². The van der Waals surface area contributed by atoms with Crippen LogP contribution in [0.15, 0.2) is 18.2 Å². The summed E-state index contributed by atoms with van der Waals surface area (Å²) in [5.41, 5.74) is -3.05. The third-order valence-corrected chi connectivity index (χ3v) is 3.49. The Bertz CT molecular complexity index is 564. The maximum Gasteiger partial charge on any atom is 0.416 e. The predicted octanol–water partition coefficient (Wildman–Crippen LogP) is 3.64. The van der Waals surface area contributed by atoms with Crippen molar-refractivity contribution < 1.29 is 35.9 Å². The highest BCUT2D eigenvalue weighted by Gasteiger charge is 2.38. The zero-order valence-electron chi connectivity index (χ0n) is 12.0. The fourth-order valence-corrected chi connectivity index (χ4v) is 2.30. The van der Waals surface area contributed by atoms with Crippen LogP contribution in [0.4, 0.5) is 26.3 Å². The van der Waals surface area contributed by atoms with Crippen LogP contribution in [0.3, 0.4) is 0 Å². The molecule has 1 aromatic carbocycles. The molecule has 2 rings (SSSR count). The fourth-order valence-electron chi connectivity index (χ4n) is 2.30. The topological polar surface area (TPSA) is 29.5 Å². The molecule has 1 aliphatic rings. The summed E-state index contributed by atoms with van der Waals surface area (Å²) in [7, 11) is 0. The van der Waals surface area contributed by atoms with E-state index in [4.69, 9.17) is 4.74 Å². The Hall–Kier alpha value is -1.77. The van der Waals surface area contributed by atoms with Gasteiger partial charge in [0.2, 0.25) is 5.91 Å². The lowest BCUT2D eigenvalue weighted by molar-refractivity contribution is -0.144. The van der Waals surface area contributed by atoms with Gasteiger partial charge in [-0.3, -0.25) is 4.79 Å². The molecule has 1 fully saturated rings. The minimum Gasteiger partial charge on any atom is -0.370 e. The molecule has 1 saturated heterocycles. The van der Waals surface area contributed by atoms with Crippen LogP contribution in [0.5, 0.6) is 0 Å². The second kappa shape index (κ2) is 6.03. The molecule has 128 valence electrons. The van der Waals surface area contributed by atoms with Gasteiger partial charge < -0.3 is 9.64 Å². The average Bonchev–Trinajstić information content (AvgIpc) is 2.45. The number of hydrogen-bond acceptors (Lipinski definition) is 2. The van der Waals surface area contributed by atoms with E-state index in [-0.39, 0.29) is 37.2 Å². The van der Waals surface area contributed by atoms with E-state index in [1.54, 1.807) is 0 Å². The number of hydrogen-bond donors (Lipinski definition) is 0. The molecule has 1 aromatic rings. The standard InChI is InChI=1S/C14H13F6NO2/c1-8(22)21-2-3-23-12(7-21)9-4-10(13(15,16)17)6-11(5-9)14(18,19)20/h4-6,12H,2-3,7H2,1H3/t12-/m0/s1. The molecule has 1 heterocycles. The molecule has 1 atom stereocenters. The Kier molecular flexibility index (Phi) is 4.61. The number of ether oxygens (including phenoxy) is 1. The Balaban J connectivity index is 2.43. The van der Waals surface area contributed by atoms with Crippen LogP contribution in [-0.2, 0) is 21.9 Å². The highest BCUT2D eigenvalue weighted by Crippen LogP contribution is 2.38. The molecular formula is C14H13F6NO2. The predicted molar refractivity (Wildman–Crippen MR) is 67.4 cm³/mol. The molecule has 3 nitrogen and oxygen atoms in total. The lowest BCUT2D eigenvalue weighted by Crippen LogP contribution is -2.41. The van der Waals surface area contributed by atoms with Crippen LogP contribution in [-0.4, -0.2) is 30.5 Å². The van der Waals surface area contributed by atoms with Crippen molar-refractivity contribution in [1.82, 2.24) is 4.90 Å². The lowest BCUT2D eigenvalue weighted by Gasteiger charge is -2.33. The minimum atomic E-state index is -4.91. The van der Waals surface area contributed by atoms with Crippen LogP contribution in [0.25, 0.3) is 0 Å². The van der Waals surface area contributed by atoms with Crippen molar-refractivity contribution in [2.45, 2.75) is 25.4 Å². The molecule has 0 radical (unpaired) electrons. The van der Waals surface area contributed by atoms with Crippen molar-refractivity contribution >= 4 is 5.91 Å². The normalized spacial score (nSPS) is 19.8. The van der Waals surface area contributed by atoms with E-state index in [0.29, 0.717) is 12.1 Å². The van der Waals surface area contributed by atoms with Gasteiger partial charge in [0.05, 0.1) is 24.3 Å². The Morgan fingerprint density at radius 2 is 1.61 bits per heavy atom. The third-order valence-electron chi connectivity index (χ3n) is 3.49. The fraction of sp³-hybridized carbons (Fsp3) is 0.500. The number of morpholine rings is 1. The van der Waals surface area contributed by atoms with E-state index < -0.39 is 29.6 Å². The Morgan fingerprint density at radius 1 is 1.09 bits per heavy atom. The van der Waals surface area contributed by atoms with Gasteiger partial charge in [-0.25, -0.2) is 0 Å². The van der Waals surface area contributed by atoms with Gasteiger partial charge in [-0.15, -0.1) is 0 Å². The maximum absolute atomic E-state index is 12.8. The largest absolute Gasteiger partial charge is 0.416 e. The quantitative estimate of drug-likeness (QED) is 0.730. The van der Waals surface area contributed by atoms with E-state index in [1.165, 1.54) is 11.8 Å². The second-order valence-electron chi connectivity index (χ2n) is 5.16. The molecular weight excluding hydrogens is 328 g/mol. The molecule has 0 aliphatic carbocycles. The highest BCUT2D eigenvalue weighted by molar-refractivity contribution is 5.73. The van der Waals surface area contributed by atoms with Gasteiger partial charge in [0.25, 0.3) is 0 Å². The first-order valence-electron chi connectivity index (χ1n) is 6.65. The van der Waals surface area contributed by atoms with Gasteiger partial charge in [-0.05, 0) is 23.8 Å². The number of nitrogens with zero attached hydrogens (tertiary/aromatic N) is 1. The number of benzene rings is 1. The van der Waals surface area contributed by atoms with Crippen molar-refractivity contribution in [2.24, 2.45) is 0 Å². The summed E-state index contributed by atoms with van der Waals surface area (Å²) >= 11 is 0. The molecule has 0 unspecified atom stereocenters. The van der Waals surface area contributed by atoms with Gasteiger partial charge in [0.15, 0.2) is 0 Å². The summed E-state index contributed by atoms with van der Waals surface area (Å²) < 4.78 is 82.3. The van der Waals surface area contributed by atoms with E-state index >= 15 is 0 Å². The Morgan fingerprint density at radius 3 is 2.04 bits per heavy atom. The molecule has 0 spiro atoms. The van der Waals surface area contributed by atoms with Crippen LogP contribution < -0.4 is 0 Å². The van der Waals surface area contributed by atoms with E-state index in [1.807, 2.05) is 0 Å². The number of amides is 1. The molecule has 9 heteroatoms. The van der Waals surface area contributed by atoms with Crippen LogP contribution in [0.2, 0.25) is 0 Å². The van der Waals surface area contributed by atoms with Gasteiger partial charge in [-0.2, -0.15) is 26.3 Å². The minimum absolute atomic E-state index is 0.0435. The highest BCUT2D eigenvalue weighted by atomic mass is 19.4. The van der Waals surface area contributed by atoms with Gasteiger partial charge in [0.1, 0.15) is 6.10 Å². The van der Waals surface area contributed by atoms with Gasteiger partial charge >= 0.3 is 12.4 Å². The summed E-state index contributed by atoms with van der Waals surface area (Å²) in [6, 6.07) is 1.32. The molecule has 0 N–H and O–H groups in total. The van der Waals surface area contributed by atoms with Crippen molar-refractivity contribution in [3.63, 3.8) is 0 Å². The molecule has 0 aromatic heterocycles. The van der Waals surface area contributed by atoms with Crippen molar-refractivity contribution in [3.8, 4) is 0 Å². The van der Waals surface area contributed by atoms with Crippen LogP contribution >= 0.6 is 0 Å². The second-order valence-corrected chi connectivity index (χ2v) is 5.16.